The molecule has 16 heavy (non-hydrogen) atoms. The summed E-state index contributed by atoms with van der Waals surface area (Å²) in [7, 11) is 0. The van der Waals surface area contributed by atoms with E-state index < -0.39 is 11.6 Å². The maximum absolute atomic E-state index is 13.3. The van der Waals surface area contributed by atoms with E-state index in [9.17, 15) is 8.78 Å². The second-order valence-electron chi connectivity index (χ2n) is 4.22. The van der Waals surface area contributed by atoms with Crippen molar-refractivity contribution in [3.63, 3.8) is 0 Å². The second-order valence-corrected chi connectivity index (χ2v) is 4.22. The number of nitrogens with one attached hydrogen (secondary N) is 1. The molecule has 2 nitrogen and oxygen atoms in total. The Balaban J connectivity index is 2.67. The van der Waals surface area contributed by atoms with Crippen LogP contribution >= 0.6 is 0 Å². The fourth-order valence-electron chi connectivity index (χ4n) is 1.49. The van der Waals surface area contributed by atoms with Gasteiger partial charge in [0, 0.05) is 6.54 Å². The van der Waals surface area contributed by atoms with Crippen LogP contribution in [0, 0.1) is 23.5 Å². The van der Waals surface area contributed by atoms with Crippen LogP contribution in [-0.4, -0.2) is 13.1 Å². The van der Waals surface area contributed by atoms with Crippen LogP contribution in [0.25, 0.3) is 0 Å². The highest BCUT2D eigenvalue weighted by Crippen LogP contribution is 2.19. The van der Waals surface area contributed by atoms with Gasteiger partial charge in [-0.05, 0) is 30.5 Å². The highest BCUT2D eigenvalue weighted by molar-refractivity contribution is 5.46. The standard InChI is InChI=1S/C12H18F2N2/c1-8(2)9(6-15)7-16-12-10(13)4-3-5-11(12)14/h3-5,8-9,16H,6-7,15H2,1-2H3. The fourth-order valence-corrected chi connectivity index (χ4v) is 1.49. The molecular formula is C12H18F2N2. The molecule has 3 N–H and O–H groups in total. The molecule has 1 rings (SSSR count). The van der Waals surface area contributed by atoms with Crippen LogP contribution < -0.4 is 11.1 Å². The first-order chi connectivity index (χ1) is 7.56. The van der Waals surface area contributed by atoms with Gasteiger partial charge in [0.1, 0.15) is 17.3 Å². The van der Waals surface area contributed by atoms with Crippen molar-refractivity contribution in [2.45, 2.75) is 13.8 Å². The first kappa shape index (κ1) is 12.9. The van der Waals surface area contributed by atoms with Crippen LogP contribution in [0.3, 0.4) is 0 Å². The van der Waals surface area contributed by atoms with Crippen LogP contribution in [0.5, 0.6) is 0 Å². The summed E-state index contributed by atoms with van der Waals surface area (Å²) in [5.41, 5.74) is 5.52. The number of hydrogen-bond donors (Lipinski definition) is 2. The number of para-hydroxylation sites is 1. The zero-order chi connectivity index (χ0) is 12.1. The molecule has 0 aliphatic rings. The number of nitrogens with two attached hydrogens (primary N) is 1. The molecule has 0 amide bonds. The van der Waals surface area contributed by atoms with E-state index in [0.29, 0.717) is 19.0 Å². The van der Waals surface area contributed by atoms with Gasteiger partial charge in [-0.15, -0.1) is 0 Å². The third kappa shape index (κ3) is 3.17. The predicted octanol–water partition coefficient (Wildman–Crippen LogP) is 2.61. The first-order valence-corrected chi connectivity index (χ1v) is 5.44. The summed E-state index contributed by atoms with van der Waals surface area (Å²) in [6, 6.07) is 3.81. The van der Waals surface area contributed by atoms with Crippen molar-refractivity contribution >= 4 is 5.69 Å². The van der Waals surface area contributed by atoms with Crippen molar-refractivity contribution in [3.8, 4) is 0 Å². The Morgan fingerprint density at radius 1 is 1.25 bits per heavy atom. The number of benzene rings is 1. The summed E-state index contributed by atoms with van der Waals surface area (Å²) in [6.45, 7) is 5.06. The molecule has 0 saturated heterocycles. The van der Waals surface area contributed by atoms with Gasteiger partial charge in [-0.2, -0.15) is 0 Å². The third-order valence-corrected chi connectivity index (χ3v) is 2.75. The van der Waals surface area contributed by atoms with Crippen molar-refractivity contribution in [1.82, 2.24) is 0 Å². The van der Waals surface area contributed by atoms with Crippen molar-refractivity contribution in [2.24, 2.45) is 17.6 Å². The quantitative estimate of drug-likeness (QED) is 0.813. The summed E-state index contributed by atoms with van der Waals surface area (Å²) in [5.74, 6) is -0.551. The van der Waals surface area contributed by atoms with E-state index in [1.54, 1.807) is 0 Å². The lowest BCUT2D eigenvalue weighted by Gasteiger charge is -2.20. The van der Waals surface area contributed by atoms with Crippen LogP contribution in [0.4, 0.5) is 14.5 Å². The smallest absolute Gasteiger partial charge is 0.149 e. The van der Waals surface area contributed by atoms with Gasteiger partial charge in [0.05, 0.1) is 0 Å². The monoisotopic (exact) mass is 228 g/mol. The van der Waals surface area contributed by atoms with Crippen molar-refractivity contribution in [3.05, 3.63) is 29.8 Å². The summed E-state index contributed by atoms with van der Waals surface area (Å²) < 4.78 is 26.5. The molecule has 0 aromatic heterocycles. The van der Waals surface area contributed by atoms with Crippen molar-refractivity contribution < 1.29 is 8.78 Å². The van der Waals surface area contributed by atoms with Crippen molar-refractivity contribution in [1.29, 1.82) is 0 Å². The van der Waals surface area contributed by atoms with E-state index in [-0.39, 0.29) is 11.6 Å². The Morgan fingerprint density at radius 3 is 2.25 bits per heavy atom. The lowest BCUT2D eigenvalue weighted by atomic mass is 9.96. The van der Waals surface area contributed by atoms with Crippen molar-refractivity contribution in [2.75, 3.05) is 18.4 Å². The molecule has 1 atom stereocenters. The molecule has 1 aromatic rings. The molecule has 0 fully saturated rings. The highest BCUT2D eigenvalue weighted by Gasteiger charge is 2.13. The first-order valence-electron chi connectivity index (χ1n) is 5.44. The Labute approximate surface area is 94.8 Å². The maximum atomic E-state index is 13.3. The maximum Gasteiger partial charge on any atom is 0.149 e. The second kappa shape index (κ2) is 5.80. The molecule has 90 valence electrons. The lowest BCUT2D eigenvalue weighted by molar-refractivity contribution is 0.412. The molecule has 1 aromatic carbocycles. The molecule has 1 unspecified atom stereocenters. The minimum Gasteiger partial charge on any atom is -0.380 e. The molecule has 0 radical (unpaired) electrons. The van der Waals surface area contributed by atoms with Crippen LogP contribution in [0.1, 0.15) is 13.8 Å². The van der Waals surface area contributed by atoms with E-state index in [1.165, 1.54) is 18.2 Å². The molecule has 0 spiro atoms. The van der Waals surface area contributed by atoms with E-state index >= 15 is 0 Å². The van der Waals surface area contributed by atoms with E-state index in [2.05, 4.69) is 5.32 Å². The molecule has 4 heteroatoms. The van der Waals surface area contributed by atoms with Gasteiger partial charge in [0.25, 0.3) is 0 Å². The summed E-state index contributed by atoms with van der Waals surface area (Å²) >= 11 is 0. The summed E-state index contributed by atoms with van der Waals surface area (Å²) in [5, 5.41) is 2.78. The summed E-state index contributed by atoms with van der Waals surface area (Å²) in [4.78, 5) is 0. The van der Waals surface area contributed by atoms with E-state index in [4.69, 9.17) is 5.73 Å². The molecule has 0 bridgehead atoms. The number of hydrogen-bond acceptors (Lipinski definition) is 2. The molecular weight excluding hydrogens is 210 g/mol. The van der Waals surface area contributed by atoms with Gasteiger partial charge in [-0.3, -0.25) is 0 Å². The van der Waals surface area contributed by atoms with Gasteiger partial charge < -0.3 is 11.1 Å². The average molecular weight is 228 g/mol. The Morgan fingerprint density at radius 2 is 1.81 bits per heavy atom. The average Bonchev–Trinajstić information content (AvgIpc) is 2.22. The molecule has 0 aliphatic heterocycles. The Kier molecular flexibility index (Phi) is 4.68. The van der Waals surface area contributed by atoms with Crippen LogP contribution in [-0.2, 0) is 0 Å². The minimum absolute atomic E-state index is 0.0680. The Hall–Kier alpha value is -1.16. The predicted molar refractivity (Wildman–Crippen MR) is 62.2 cm³/mol. The highest BCUT2D eigenvalue weighted by atomic mass is 19.1. The molecule has 0 saturated carbocycles. The topological polar surface area (TPSA) is 38.0 Å². The zero-order valence-corrected chi connectivity index (χ0v) is 9.63. The lowest BCUT2D eigenvalue weighted by Crippen LogP contribution is -2.27. The molecule has 0 aliphatic carbocycles. The van der Waals surface area contributed by atoms with Gasteiger partial charge in [0.2, 0.25) is 0 Å². The van der Waals surface area contributed by atoms with E-state index in [1.807, 2.05) is 13.8 Å². The zero-order valence-electron chi connectivity index (χ0n) is 9.63. The fraction of sp³-hybridized carbons (Fsp3) is 0.500. The van der Waals surface area contributed by atoms with Gasteiger partial charge in [-0.1, -0.05) is 19.9 Å². The van der Waals surface area contributed by atoms with Gasteiger partial charge in [0.15, 0.2) is 0 Å². The largest absolute Gasteiger partial charge is 0.380 e. The molecule has 0 heterocycles. The third-order valence-electron chi connectivity index (χ3n) is 2.75. The minimum atomic E-state index is -0.570. The van der Waals surface area contributed by atoms with Crippen LogP contribution in [0.15, 0.2) is 18.2 Å². The summed E-state index contributed by atoms with van der Waals surface area (Å²) in [6.07, 6.45) is 0. The van der Waals surface area contributed by atoms with Gasteiger partial charge >= 0.3 is 0 Å². The number of rotatable bonds is 5. The number of anilines is 1. The van der Waals surface area contributed by atoms with E-state index in [0.717, 1.165) is 0 Å². The SMILES string of the molecule is CC(C)C(CN)CNc1c(F)cccc1F. The normalized spacial score (nSPS) is 12.9. The van der Waals surface area contributed by atoms with Crippen LogP contribution in [0.2, 0.25) is 0 Å². The number of halogens is 2. The van der Waals surface area contributed by atoms with Gasteiger partial charge in [-0.25, -0.2) is 8.78 Å². The Bertz CT molecular complexity index is 320.